The summed E-state index contributed by atoms with van der Waals surface area (Å²) in [4.78, 5) is 25.6. The van der Waals surface area contributed by atoms with Gasteiger partial charge in [0.05, 0.1) is 11.3 Å². The maximum Gasteiger partial charge on any atom is 1.00 e. The summed E-state index contributed by atoms with van der Waals surface area (Å²) in [6.45, 7) is 0. The Hall–Kier alpha value is 5.28. The second kappa shape index (κ2) is 36.2. The van der Waals surface area contributed by atoms with Gasteiger partial charge in [-0.1, -0.05) is 0 Å². The van der Waals surface area contributed by atoms with E-state index in [9.17, 15) is 0 Å². The average Bonchev–Trinajstić information content (AvgIpc) is 1.27. The minimum absolute atomic E-state index is 0. The van der Waals surface area contributed by atoms with E-state index in [1.54, 1.807) is 0 Å². The van der Waals surface area contributed by atoms with Gasteiger partial charge in [-0.3, -0.25) is 0 Å². The monoisotopic (exact) mass is 294 g/mol. The molecule has 14 heteroatoms. The van der Waals surface area contributed by atoms with Crippen LogP contribution in [0, 0.1) is 11.3 Å². The van der Waals surface area contributed by atoms with Gasteiger partial charge < -0.3 is 34.0 Å². The third-order valence-corrected chi connectivity index (χ3v) is 0. The second-order valence-electron chi connectivity index (χ2n) is 0.510. The first-order valence-corrected chi connectivity index (χ1v) is 3.12. The maximum absolute atomic E-state index is 8.55. The van der Waals surface area contributed by atoms with E-state index in [-0.39, 0.29) is 153 Å². The van der Waals surface area contributed by atoms with Crippen molar-refractivity contribution in [1.29, 1.82) is 0 Å². The summed E-state index contributed by atoms with van der Waals surface area (Å²) in [6, 6.07) is 0. The van der Waals surface area contributed by atoms with Crippen molar-refractivity contribution < 1.29 is 193 Å². The zero-order chi connectivity index (χ0) is 7.21. The average molecular weight is 294 g/mol. The zero-order valence-corrected chi connectivity index (χ0v) is 20.4. The van der Waals surface area contributed by atoms with Crippen LogP contribution in [-0.2, 0) is 4.57 Å². The van der Waals surface area contributed by atoms with Gasteiger partial charge in [0.2, 0.25) is 0 Å². The Morgan fingerprint density at radius 3 is 0.786 bits per heavy atom. The molecule has 0 aliphatic rings. The van der Waals surface area contributed by atoms with E-state index < -0.39 is 19.1 Å². The van der Waals surface area contributed by atoms with Gasteiger partial charge in [0, 0.05) is 0 Å². The number of phosphoric acid groups is 1. The third-order valence-electron chi connectivity index (χ3n) is 0. The minimum Gasteiger partial charge on any atom is -0.870 e. The topological polar surface area (TPSA) is 162 Å². The molecular weight excluding hydrogens is 293 g/mol. The van der Waals surface area contributed by atoms with Crippen molar-refractivity contribution in [2.24, 2.45) is 0 Å². The Kier molecular flexibility index (Phi) is 131. The standard InChI is InChI=1S/ClO2.5Na.H3O4P.H2O/c2-1-3;;;;;;1-5(2,3)4;/h;;;;;;(H3,1,2,3,4);1H2/q-1;5*+1;;/p-4. The molecule has 0 heterocycles. The molecule has 0 aromatic heterocycles. The number of hydrogen-bond donors (Lipinski definition) is 0. The molecule has 0 radical (unpaired) electrons. The van der Waals surface area contributed by atoms with E-state index in [1.165, 1.54) is 0 Å². The van der Waals surface area contributed by atoms with E-state index in [0.29, 0.717) is 0 Å². The predicted molar refractivity (Wildman–Crippen MR) is 9.54 cm³/mol. The fourth-order valence-electron chi connectivity index (χ4n) is 0. The van der Waals surface area contributed by atoms with Crippen molar-refractivity contribution in [2.45, 2.75) is 0 Å². The summed E-state index contributed by atoms with van der Waals surface area (Å²) in [5.74, 6) is 0. The van der Waals surface area contributed by atoms with Crippen LogP contribution in [0.4, 0.5) is 0 Å². The van der Waals surface area contributed by atoms with Crippen LogP contribution < -0.4 is 172 Å². The van der Waals surface area contributed by atoms with Gasteiger partial charge in [0.25, 0.3) is 0 Å². The summed E-state index contributed by atoms with van der Waals surface area (Å²) >= 11 is -0.417. The fourth-order valence-corrected chi connectivity index (χ4v) is 0. The van der Waals surface area contributed by atoms with Gasteiger partial charge in [-0.25, -0.2) is 0 Å². The number of rotatable bonds is 0. The van der Waals surface area contributed by atoms with Crippen molar-refractivity contribution in [1.82, 2.24) is 0 Å². The van der Waals surface area contributed by atoms with E-state index in [0.717, 1.165) is 0 Å². The minimum atomic E-state index is -5.39. The molecule has 60 valence electrons. The van der Waals surface area contributed by atoms with E-state index >= 15 is 0 Å². The molecule has 0 amide bonds. The molecule has 0 aliphatic carbocycles. The SMILES string of the molecule is O=P([O-])([O-])[O-].[Na+].[Na+].[Na+].[Na+].[Na+].[O-][Cl+][O-].[OH-]. The molecule has 0 saturated carbocycles. The quantitative estimate of drug-likeness (QED) is 0.316. The normalized spacial score (nSPS) is 5.50. The first kappa shape index (κ1) is 50.6. The van der Waals surface area contributed by atoms with E-state index in [1.807, 2.05) is 0 Å². The van der Waals surface area contributed by atoms with E-state index in [2.05, 4.69) is 0 Å². The number of halogens is 1. The molecule has 0 rings (SSSR count). The summed E-state index contributed by atoms with van der Waals surface area (Å²) in [6.07, 6.45) is 0. The third kappa shape index (κ3) is 164. The van der Waals surface area contributed by atoms with Crippen molar-refractivity contribution in [2.75, 3.05) is 0 Å². The van der Waals surface area contributed by atoms with Crippen molar-refractivity contribution in [3.05, 3.63) is 0 Å². The molecule has 0 fully saturated rings. The molecule has 0 unspecified atom stereocenters. The smallest absolute Gasteiger partial charge is 0.870 e. The molecule has 0 aromatic carbocycles. The second-order valence-corrected chi connectivity index (χ2v) is 1.53. The van der Waals surface area contributed by atoms with Crippen LogP contribution in [0.15, 0.2) is 0 Å². The van der Waals surface area contributed by atoms with Crippen LogP contribution >= 0.6 is 7.82 Å². The van der Waals surface area contributed by atoms with Crippen LogP contribution in [-0.4, -0.2) is 5.48 Å². The molecule has 14 heavy (non-hydrogen) atoms. The van der Waals surface area contributed by atoms with Gasteiger partial charge in [-0.15, -0.1) is 0 Å². The van der Waals surface area contributed by atoms with Crippen LogP contribution in [0.25, 0.3) is 0 Å². The van der Waals surface area contributed by atoms with Crippen molar-refractivity contribution in [3.8, 4) is 0 Å². The fraction of sp³-hybridized carbons (Fsp3) is 0. The first-order chi connectivity index (χ1) is 3.41. The molecule has 0 aromatic rings. The molecule has 0 atom stereocenters. The van der Waals surface area contributed by atoms with Gasteiger partial charge in [0.15, 0.2) is 0 Å². The summed E-state index contributed by atoms with van der Waals surface area (Å²) in [7, 11) is -5.39. The molecule has 1 N–H and O–H groups in total. The zero-order valence-electron chi connectivity index (χ0n) is 8.72. The van der Waals surface area contributed by atoms with Gasteiger partial charge in [-0.05, 0) is 0 Å². The Morgan fingerprint density at radius 1 is 0.786 bits per heavy atom. The molecule has 7 nitrogen and oxygen atoms in total. The largest absolute Gasteiger partial charge is 1.00 e. The maximum atomic E-state index is 8.55. The van der Waals surface area contributed by atoms with Crippen LogP contribution in [0.3, 0.4) is 0 Å². The molecular formula is HClNa5O7P. The van der Waals surface area contributed by atoms with Crippen LogP contribution in [0.5, 0.6) is 0 Å². The summed E-state index contributed by atoms with van der Waals surface area (Å²) in [5, 5.41) is 0. The summed E-state index contributed by atoms with van der Waals surface area (Å²) in [5.41, 5.74) is 0. The molecule has 0 spiro atoms. The van der Waals surface area contributed by atoms with Crippen LogP contribution in [0.2, 0.25) is 0 Å². The Balaban J connectivity index is -0.00000000626. The van der Waals surface area contributed by atoms with Gasteiger partial charge in [-0.2, -0.15) is 7.82 Å². The van der Waals surface area contributed by atoms with Gasteiger partial charge >= 0.3 is 148 Å². The van der Waals surface area contributed by atoms with Crippen molar-refractivity contribution in [3.63, 3.8) is 0 Å². The predicted octanol–water partition coefficient (Wildman–Crippen LogP) is -20.4. The van der Waals surface area contributed by atoms with Crippen LogP contribution in [0.1, 0.15) is 0 Å². The summed E-state index contributed by atoms with van der Waals surface area (Å²) < 4.78 is 25.0. The van der Waals surface area contributed by atoms with Crippen molar-refractivity contribution >= 4 is 7.82 Å². The molecule has 0 aliphatic heterocycles. The molecule has 0 bridgehead atoms. The first-order valence-electron chi connectivity index (χ1n) is 1.04. The Labute approximate surface area is 196 Å². The van der Waals surface area contributed by atoms with Gasteiger partial charge in [0.1, 0.15) is 0 Å². The Morgan fingerprint density at radius 2 is 0.786 bits per heavy atom. The Bertz CT molecular complexity index is 77.9. The molecule has 0 saturated heterocycles. The van der Waals surface area contributed by atoms with E-state index in [4.69, 9.17) is 28.6 Å². The number of hydrogen-bond acceptors (Lipinski definition) is 7.